The first-order chi connectivity index (χ1) is 10.9. The van der Waals surface area contributed by atoms with Gasteiger partial charge in [0.05, 0.1) is 23.6 Å². The van der Waals surface area contributed by atoms with E-state index in [1.54, 1.807) is 11.8 Å². The maximum Gasteiger partial charge on any atom is 0.231 e. The van der Waals surface area contributed by atoms with E-state index >= 15 is 0 Å². The third-order valence-electron chi connectivity index (χ3n) is 4.08. The summed E-state index contributed by atoms with van der Waals surface area (Å²) in [6, 6.07) is 5.42. The van der Waals surface area contributed by atoms with E-state index in [2.05, 4.69) is 18.7 Å². The molecule has 1 aromatic carbocycles. The molecule has 2 unspecified atom stereocenters. The number of thioether (sulfide) groups is 1. The van der Waals surface area contributed by atoms with Gasteiger partial charge >= 0.3 is 0 Å². The van der Waals surface area contributed by atoms with E-state index in [0.29, 0.717) is 11.0 Å². The van der Waals surface area contributed by atoms with E-state index in [9.17, 15) is 8.42 Å². The Bertz CT molecular complexity index is 776. The summed E-state index contributed by atoms with van der Waals surface area (Å²) in [5, 5.41) is 1.27. The fourth-order valence-electron chi connectivity index (χ4n) is 3.16. The molecule has 3 aliphatic rings. The van der Waals surface area contributed by atoms with E-state index in [1.807, 2.05) is 18.2 Å². The first-order valence-corrected chi connectivity index (χ1v) is 10.3. The second kappa shape index (κ2) is 5.31. The molecule has 0 spiro atoms. The molecular formula is C15H18N2O4S2. The van der Waals surface area contributed by atoms with Gasteiger partial charge in [-0.15, -0.1) is 0 Å². The summed E-state index contributed by atoms with van der Waals surface area (Å²) in [5.41, 5.74) is 0.908. The van der Waals surface area contributed by atoms with E-state index in [1.165, 1.54) is 0 Å². The zero-order valence-electron chi connectivity index (χ0n) is 12.9. The Labute approximate surface area is 139 Å². The smallest absolute Gasteiger partial charge is 0.231 e. The molecule has 0 aliphatic carbocycles. The number of amidine groups is 1. The Balaban J connectivity index is 1.72. The highest BCUT2D eigenvalue weighted by Gasteiger charge is 2.47. The minimum Gasteiger partial charge on any atom is -0.454 e. The highest BCUT2D eigenvalue weighted by molar-refractivity contribution is 8.14. The summed E-state index contributed by atoms with van der Waals surface area (Å²) in [6.07, 6.45) is 0. The number of hydrogen-bond acceptors (Lipinski definition) is 7. The Hall–Kier alpha value is -1.41. The van der Waals surface area contributed by atoms with Crippen LogP contribution >= 0.6 is 11.8 Å². The van der Waals surface area contributed by atoms with Crippen LogP contribution in [0.1, 0.15) is 13.8 Å². The molecule has 1 fully saturated rings. The Morgan fingerprint density at radius 2 is 2.04 bits per heavy atom. The lowest BCUT2D eigenvalue weighted by Gasteiger charge is -2.27. The van der Waals surface area contributed by atoms with Gasteiger partial charge in [0.15, 0.2) is 26.5 Å². The minimum atomic E-state index is -3.02. The number of benzene rings is 1. The van der Waals surface area contributed by atoms with Gasteiger partial charge in [0.1, 0.15) is 0 Å². The van der Waals surface area contributed by atoms with Crippen molar-refractivity contribution in [1.29, 1.82) is 0 Å². The van der Waals surface area contributed by atoms with Crippen LogP contribution in [0.25, 0.3) is 0 Å². The fraction of sp³-hybridized carbons (Fsp3) is 0.533. The first kappa shape index (κ1) is 15.1. The molecule has 2 atom stereocenters. The van der Waals surface area contributed by atoms with Gasteiger partial charge < -0.3 is 14.4 Å². The average molecular weight is 354 g/mol. The molecule has 124 valence electrons. The molecule has 23 heavy (non-hydrogen) atoms. The summed E-state index contributed by atoms with van der Waals surface area (Å²) in [7, 11) is -3.02. The molecule has 6 nitrogen and oxygen atoms in total. The molecular weight excluding hydrogens is 336 g/mol. The van der Waals surface area contributed by atoms with Crippen molar-refractivity contribution in [2.75, 3.05) is 23.2 Å². The Kier molecular flexibility index (Phi) is 3.49. The minimum absolute atomic E-state index is 0.123. The van der Waals surface area contributed by atoms with E-state index in [4.69, 9.17) is 14.5 Å². The molecule has 0 radical (unpaired) electrons. The number of fused-ring (bicyclic) bond motifs is 2. The lowest BCUT2D eigenvalue weighted by molar-refractivity contribution is 0.174. The van der Waals surface area contributed by atoms with Crippen molar-refractivity contribution < 1.29 is 17.9 Å². The highest BCUT2D eigenvalue weighted by atomic mass is 32.2. The molecule has 3 heterocycles. The van der Waals surface area contributed by atoms with Crippen LogP contribution < -0.4 is 14.4 Å². The van der Waals surface area contributed by atoms with E-state index in [-0.39, 0.29) is 30.4 Å². The first-order valence-electron chi connectivity index (χ1n) is 7.57. The van der Waals surface area contributed by atoms with Crippen LogP contribution in [-0.4, -0.2) is 49.2 Å². The summed E-state index contributed by atoms with van der Waals surface area (Å²) in [4.78, 5) is 6.75. The van der Waals surface area contributed by atoms with Crippen molar-refractivity contribution in [2.24, 2.45) is 4.99 Å². The van der Waals surface area contributed by atoms with Crippen LogP contribution in [0, 0.1) is 0 Å². The standard InChI is InChI=1S/C15H18N2O4S2/c1-9(2)22-15-16-11-6-23(18,19)7-12(11)17(15)10-3-4-13-14(5-10)21-8-20-13/h3-5,9,11-12H,6-8H2,1-2H3. The summed E-state index contributed by atoms with van der Waals surface area (Å²) >= 11 is 1.66. The Morgan fingerprint density at radius 3 is 2.83 bits per heavy atom. The molecule has 0 bridgehead atoms. The molecule has 3 aliphatic heterocycles. The molecule has 8 heteroatoms. The third kappa shape index (κ3) is 2.67. The second-order valence-corrected chi connectivity index (χ2v) is 9.89. The van der Waals surface area contributed by atoms with Crippen LogP contribution in [0.15, 0.2) is 23.2 Å². The maximum atomic E-state index is 12.0. The van der Waals surface area contributed by atoms with Gasteiger partial charge in [-0.3, -0.25) is 4.99 Å². The summed E-state index contributed by atoms with van der Waals surface area (Å²) in [6.45, 7) is 4.44. The quantitative estimate of drug-likeness (QED) is 0.808. The van der Waals surface area contributed by atoms with Gasteiger partial charge in [-0.05, 0) is 12.1 Å². The van der Waals surface area contributed by atoms with Crippen LogP contribution in [-0.2, 0) is 9.84 Å². The summed E-state index contributed by atoms with van der Waals surface area (Å²) < 4.78 is 34.8. The normalized spacial score (nSPS) is 27.4. The Morgan fingerprint density at radius 1 is 1.26 bits per heavy atom. The zero-order valence-corrected chi connectivity index (χ0v) is 14.6. The van der Waals surface area contributed by atoms with Crippen LogP contribution in [0.3, 0.4) is 0 Å². The molecule has 0 aromatic heterocycles. The lowest BCUT2D eigenvalue weighted by Crippen LogP contribution is -2.39. The topological polar surface area (TPSA) is 68.2 Å². The molecule has 0 amide bonds. The lowest BCUT2D eigenvalue weighted by atomic mass is 10.1. The largest absolute Gasteiger partial charge is 0.454 e. The molecule has 0 N–H and O–H groups in total. The molecule has 1 saturated heterocycles. The van der Waals surface area contributed by atoms with Crippen molar-refractivity contribution in [3.8, 4) is 11.5 Å². The van der Waals surface area contributed by atoms with Crippen molar-refractivity contribution in [3.05, 3.63) is 18.2 Å². The highest BCUT2D eigenvalue weighted by Crippen LogP contribution is 2.40. The number of aliphatic imine (C=N–C) groups is 1. The number of nitrogens with zero attached hydrogens (tertiary/aromatic N) is 2. The fourth-order valence-corrected chi connectivity index (χ4v) is 5.98. The van der Waals surface area contributed by atoms with Crippen LogP contribution in [0.2, 0.25) is 0 Å². The number of hydrogen-bond donors (Lipinski definition) is 0. The molecule has 0 saturated carbocycles. The van der Waals surface area contributed by atoms with Gasteiger partial charge in [0.2, 0.25) is 6.79 Å². The van der Waals surface area contributed by atoms with Crippen molar-refractivity contribution in [3.63, 3.8) is 0 Å². The van der Waals surface area contributed by atoms with Gasteiger partial charge in [0.25, 0.3) is 0 Å². The number of anilines is 1. The second-order valence-electron chi connectivity index (χ2n) is 6.20. The predicted molar refractivity (Wildman–Crippen MR) is 91.4 cm³/mol. The SMILES string of the molecule is CC(C)SC1=NC2CS(=O)(=O)CC2N1c1ccc2c(c1)OCO2. The predicted octanol–water partition coefficient (Wildman–Crippen LogP) is 1.90. The van der Waals surface area contributed by atoms with Crippen molar-refractivity contribution in [2.45, 2.75) is 31.2 Å². The van der Waals surface area contributed by atoms with E-state index in [0.717, 1.165) is 16.6 Å². The van der Waals surface area contributed by atoms with Gasteiger partial charge in [0, 0.05) is 17.0 Å². The van der Waals surface area contributed by atoms with Gasteiger partial charge in [-0.25, -0.2) is 8.42 Å². The van der Waals surface area contributed by atoms with E-state index < -0.39 is 9.84 Å². The van der Waals surface area contributed by atoms with Crippen LogP contribution in [0.4, 0.5) is 5.69 Å². The monoisotopic (exact) mass is 354 g/mol. The van der Waals surface area contributed by atoms with Crippen molar-refractivity contribution >= 4 is 32.5 Å². The van der Waals surface area contributed by atoms with Gasteiger partial charge in [-0.1, -0.05) is 25.6 Å². The molecule has 1 aromatic rings. The number of rotatable bonds is 2. The third-order valence-corrected chi connectivity index (χ3v) is 6.77. The number of sulfone groups is 1. The van der Waals surface area contributed by atoms with Gasteiger partial charge in [-0.2, -0.15) is 0 Å². The molecule has 4 rings (SSSR count). The van der Waals surface area contributed by atoms with Crippen LogP contribution in [0.5, 0.6) is 11.5 Å². The summed E-state index contributed by atoms with van der Waals surface area (Å²) in [5.74, 6) is 1.71. The van der Waals surface area contributed by atoms with Crippen molar-refractivity contribution in [1.82, 2.24) is 0 Å². The average Bonchev–Trinajstić information content (AvgIpc) is 3.09. The zero-order chi connectivity index (χ0) is 16.2. The number of ether oxygens (including phenoxy) is 2. The maximum absolute atomic E-state index is 12.0.